The number of hydrogen-bond donors (Lipinski definition) is 2. The first-order valence-corrected chi connectivity index (χ1v) is 9.83. The summed E-state index contributed by atoms with van der Waals surface area (Å²) in [6.45, 7) is 2.11. The van der Waals surface area contributed by atoms with Crippen molar-refractivity contribution in [3.05, 3.63) is 70.2 Å². The molecule has 2 N–H and O–H groups in total. The van der Waals surface area contributed by atoms with Crippen LogP contribution < -0.4 is 11.1 Å². The van der Waals surface area contributed by atoms with Crippen molar-refractivity contribution in [2.45, 2.75) is 25.0 Å². The second-order valence-electron chi connectivity index (χ2n) is 7.64. The smallest absolute Gasteiger partial charge is 0.408 e. The van der Waals surface area contributed by atoms with Gasteiger partial charge < -0.3 is 14.8 Å². The Labute approximate surface area is 168 Å². The molecule has 0 radical (unpaired) electrons. The average molecular weight is 395 g/mol. The summed E-state index contributed by atoms with van der Waals surface area (Å²) in [4.78, 5) is 26.6. The first-order chi connectivity index (χ1) is 14.0. The van der Waals surface area contributed by atoms with Crippen LogP contribution in [0.1, 0.15) is 23.6 Å². The number of benzene rings is 2. The van der Waals surface area contributed by atoms with Gasteiger partial charge in [-0.15, -0.1) is 0 Å². The number of aliphatic hydroxyl groups excluding tert-OH is 1. The van der Waals surface area contributed by atoms with Crippen LogP contribution in [0.2, 0.25) is 0 Å². The van der Waals surface area contributed by atoms with Gasteiger partial charge in [0.15, 0.2) is 5.58 Å². The van der Waals surface area contributed by atoms with Gasteiger partial charge in [0.2, 0.25) is 5.91 Å². The lowest BCUT2D eigenvalue weighted by atomic mass is 10.1. The van der Waals surface area contributed by atoms with E-state index in [9.17, 15) is 14.7 Å². The first-order valence-electron chi connectivity index (χ1n) is 9.83. The number of aliphatic hydroxyl groups is 1. The molecule has 29 heavy (non-hydrogen) atoms. The van der Waals surface area contributed by atoms with Crippen molar-refractivity contribution in [1.29, 1.82) is 0 Å². The lowest BCUT2D eigenvalue weighted by molar-refractivity contribution is -0.121. The maximum atomic E-state index is 12.8. The number of aryl methyl sites for hydroxylation is 1. The second kappa shape index (κ2) is 8.23. The zero-order valence-corrected chi connectivity index (χ0v) is 16.4. The van der Waals surface area contributed by atoms with Crippen LogP contribution in [0.25, 0.3) is 11.1 Å². The molecule has 152 valence electrons. The van der Waals surface area contributed by atoms with Gasteiger partial charge in [-0.2, -0.15) is 0 Å². The molecular weight excluding hydrogens is 370 g/mol. The molecule has 1 aliphatic heterocycles. The zero-order valence-electron chi connectivity index (χ0n) is 16.4. The van der Waals surface area contributed by atoms with Gasteiger partial charge >= 0.3 is 5.76 Å². The Morgan fingerprint density at radius 1 is 1.28 bits per heavy atom. The van der Waals surface area contributed by atoms with Crippen molar-refractivity contribution in [3.63, 3.8) is 0 Å². The van der Waals surface area contributed by atoms with Crippen LogP contribution in [-0.4, -0.2) is 46.2 Å². The number of carbonyl (C=O) groups is 1. The molecule has 1 amide bonds. The van der Waals surface area contributed by atoms with Gasteiger partial charge in [0.25, 0.3) is 0 Å². The van der Waals surface area contributed by atoms with Crippen LogP contribution >= 0.6 is 0 Å². The monoisotopic (exact) mass is 395 g/mol. The third-order valence-corrected chi connectivity index (χ3v) is 5.45. The third kappa shape index (κ3) is 4.41. The van der Waals surface area contributed by atoms with E-state index in [1.807, 2.05) is 36.4 Å². The predicted molar refractivity (Wildman–Crippen MR) is 110 cm³/mol. The predicted octanol–water partition coefficient (Wildman–Crippen LogP) is 1.60. The largest absolute Gasteiger partial charge is 0.419 e. The van der Waals surface area contributed by atoms with E-state index < -0.39 is 5.76 Å². The van der Waals surface area contributed by atoms with Gasteiger partial charge in [-0.1, -0.05) is 36.4 Å². The molecule has 4 rings (SSSR count). The van der Waals surface area contributed by atoms with Gasteiger partial charge in [0.1, 0.15) is 0 Å². The molecule has 1 aliphatic rings. The lowest BCUT2D eigenvalue weighted by Gasteiger charge is -2.25. The Balaban J connectivity index is 1.48. The second-order valence-corrected chi connectivity index (χ2v) is 7.64. The third-order valence-electron chi connectivity index (χ3n) is 5.45. The SMILES string of the molecule is Cn1c(=O)oc2ccc(CC(=O)N[C@H](CN3CCC(O)C3)c3ccccc3)cc21. The van der Waals surface area contributed by atoms with Crippen LogP contribution in [0.3, 0.4) is 0 Å². The highest BCUT2D eigenvalue weighted by atomic mass is 16.4. The number of oxazole rings is 1. The number of fused-ring (bicyclic) bond motifs is 1. The standard InChI is InChI=1S/C22H25N3O4/c1-24-19-11-15(7-8-20(19)29-22(24)28)12-21(27)23-18(16-5-3-2-4-6-16)14-25-10-9-17(26)13-25/h2-8,11,17-18,26H,9-10,12-14H2,1H3,(H,23,27)/t17?,18-/m1/s1. The van der Waals surface area contributed by atoms with Crippen molar-refractivity contribution in [2.75, 3.05) is 19.6 Å². The van der Waals surface area contributed by atoms with E-state index in [4.69, 9.17) is 4.42 Å². The van der Waals surface area contributed by atoms with Gasteiger partial charge in [0, 0.05) is 26.7 Å². The van der Waals surface area contributed by atoms with Crippen LogP contribution in [0.15, 0.2) is 57.7 Å². The summed E-state index contributed by atoms with van der Waals surface area (Å²) in [5.74, 6) is -0.509. The molecule has 2 atom stereocenters. The number of amides is 1. The quantitative estimate of drug-likeness (QED) is 0.662. The number of nitrogens with one attached hydrogen (secondary N) is 1. The van der Waals surface area contributed by atoms with E-state index in [0.717, 1.165) is 24.1 Å². The van der Waals surface area contributed by atoms with E-state index >= 15 is 0 Å². The molecule has 3 aromatic rings. The summed E-state index contributed by atoms with van der Waals surface area (Å²) in [6.07, 6.45) is 0.677. The number of rotatable bonds is 6. The number of β-amino-alcohol motifs (C(OH)–C–C–N with tert-alkyl or cyclic N) is 1. The summed E-state index contributed by atoms with van der Waals surface area (Å²) < 4.78 is 6.58. The van der Waals surface area contributed by atoms with Crippen molar-refractivity contribution < 1.29 is 14.3 Å². The number of likely N-dealkylation sites (tertiary alicyclic amines) is 1. The molecule has 7 heteroatoms. The maximum Gasteiger partial charge on any atom is 0.419 e. The molecule has 1 unspecified atom stereocenters. The summed E-state index contributed by atoms with van der Waals surface area (Å²) in [6, 6.07) is 15.1. The fraction of sp³-hybridized carbons (Fsp3) is 0.364. The van der Waals surface area contributed by atoms with Gasteiger partial charge in [-0.05, 0) is 29.7 Å². The summed E-state index contributed by atoms with van der Waals surface area (Å²) in [5, 5.41) is 12.9. The van der Waals surface area contributed by atoms with Crippen molar-refractivity contribution in [3.8, 4) is 0 Å². The molecule has 0 aliphatic carbocycles. The summed E-state index contributed by atoms with van der Waals surface area (Å²) >= 11 is 0. The van der Waals surface area contributed by atoms with E-state index in [1.165, 1.54) is 4.57 Å². The number of aromatic nitrogens is 1. The number of carbonyl (C=O) groups excluding carboxylic acids is 1. The molecule has 0 saturated carbocycles. The fourth-order valence-corrected chi connectivity index (χ4v) is 3.87. The van der Waals surface area contributed by atoms with E-state index in [1.54, 1.807) is 19.2 Å². The molecule has 1 saturated heterocycles. The minimum Gasteiger partial charge on any atom is -0.408 e. The Bertz CT molecular complexity index is 1060. The van der Waals surface area contributed by atoms with Crippen LogP contribution in [0, 0.1) is 0 Å². The Hall–Kier alpha value is -2.90. The van der Waals surface area contributed by atoms with E-state index in [0.29, 0.717) is 24.2 Å². The molecule has 0 spiro atoms. The molecule has 2 aromatic carbocycles. The van der Waals surface area contributed by atoms with Crippen molar-refractivity contribution >= 4 is 17.0 Å². The Morgan fingerprint density at radius 2 is 2.07 bits per heavy atom. The average Bonchev–Trinajstić information content (AvgIpc) is 3.25. The van der Waals surface area contributed by atoms with Crippen molar-refractivity contribution in [2.24, 2.45) is 7.05 Å². The maximum absolute atomic E-state index is 12.8. The molecule has 2 heterocycles. The van der Waals surface area contributed by atoms with E-state index in [2.05, 4.69) is 10.2 Å². The molecular formula is C22H25N3O4. The van der Waals surface area contributed by atoms with Crippen LogP contribution in [0.5, 0.6) is 0 Å². The minimum atomic E-state index is -0.418. The molecule has 1 fully saturated rings. The topological polar surface area (TPSA) is 87.7 Å². The highest BCUT2D eigenvalue weighted by Gasteiger charge is 2.24. The minimum absolute atomic E-state index is 0.0913. The zero-order chi connectivity index (χ0) is 20.4. The number of hydrogen-bond acceptors (Lipinski definition) is 5. The highest BCUT2D eigenvalue weighted by molar-refractivity contribution is 5.81. The Morgan fingerprint density at radius 3 is 2.79 bits per heavy atom. The molecule has 7 nitrogen and oxygen atoms in total. The van der Waals surface area contributed by atoms with Crippen LogP contribution in [-0.2, 0) is 18.3 Å². The Kier molecular flexibility index (Phi) is 5.51. The first kappa shape index (κ1) is 19.4. The van der Waals surface area contributed by atoms with Crippen LogP contribution in [0.4, 0.5) is 0 Å². The van der Waals surface area contributed by atoms with E-state index in [-0.39, 0.29) is 24.5 Å². The fourth-order valence-electron chi connectivity index (χ4n) is 3.87. The van der Waals surface area contributed by atoms with Gasteiger partial charge in [-0.25, -0.2) is 4.79 Å². The normalized spacial score (nSPS) is 18.2. The summed E-state index contributed by atoms with van der Waals surface area (Å²) in [7, 11) is 1.65. The summed E-state index contributed by atoms with van der Waals surface area (Å²) in [5.41, 5.74) is 3.03. The van der Waals surface area contributed by atoms with Gasteiger partial charge in [0.05, 0.1) is 24.1 Å². The molecule has 0 bridgehead atoms. The lowest BCUT2D eigenvalue weighted by Crippen LogP contribution is -2.38. The highest BCUT2D eigenvalue weighted by Crippen LogP contribution is 2.19. The molecule has 1 aromatic heterocycles. The van der Waals surface area contributed by atoms with Crippen molar-refractivity contribution in [1.82, 2.24) is 14.8 Å². The van der Waals surface area contributed by atoms with Gasteiger partial charge in [-0.3, -0.25) is 14.3 Å². The number of nitrogens with zero attached hydrogens (tertiary/aromatic N) is 2.